The molecule has 0 aliphatic heterocycles. The predicted octanol–water partition coefficient (Wildman–Crippen LogP) is 3.79. The van der Waals surface area contributed by atoms with Crippen molar-refractivity contribution in [3.8, 4) is 5.75 Å². The molecule has 134 valence electrons. The van der Waals surface area contributed by atoms with E-state index in [1.807, 2.05) is 13.8 Å². The van der Waals surface area contributed by atoms with Crippen LogP contribution in [0.1, 0.15) is 52.8 Å². The normalized spacial score (nSPS) is 11.9. The molecule has 25 heavy (non-hydrogen) atoms. The molecule has 2 aromatic rings. The molecule has 0 amide bonds. The maximum Gasteiger partial charge on any atom is 0.338 e. The Morgan fingerprint density at radius 2 is 1.80 bits per heavy atom. The summed E-state index contributed by atoms with van der Waals surface area (Å²) in [4.78, 5) is 24.5. The molecule has 5 nitrogen and oxygen atoms in total. The molecule has 0 saturated heterocycles. The zero-order valence-corrected chi connectivity index (χ0v) is 15.3. The molecule has 0 saturated carbocycles. The van der Waals surface area contributed by atoms with Crippen molar-refractivity contribution in [2.45, 2.75) is 40.0 Å². The van der Waals surface area contributed by atoms with Crippen molar-refractivity contribution in [3.63, 3.8) is 0 Å². The van der Waals surface area contributed by atoms with E-state index < -0.39 is 5.97 Å². The van der Waals surface area contributed by atoms with Crippen LogP contribution in [0.15, 0.2) is 33.5 Å². The third-order valence-electron chi connectivity index (χ3n) is 4.26. The molecule has 0 spiro atoms. The lowest BCUT2D eigenvalue weighted by Crippen LogP contribution is -2.18. The molecule has 0 aliphatic rings. The minimum absolute atomic E-state index is 0.00793. The van der Waals surface area contributed by atoms with E-state index in [0.717, 1.165) is 0 Å². The van der Waals surface area contributed by atoms with E-state index in [2.05, 4.69) is 0 Å². The lowest BCUT2D eigenvalue weighted by molar-refractivity contribution is 0.0476. The molecule has 0 radical (unpaired) electrons. The zero-order valence-electron chi connectivity index (χ0n) is 15.3. The molecule has 1 heterocycles. The van der Waals surface area contributed by atoms with Gasteiger partial charge in [-0.15, -0.1) is 0 Å². The van der Waals surface area contributed by atoms with Gasteiger partial charge in [-0.1, -0.05) is 13.8 Å². The van der Waals surface area contributed by atoms with Crippen molar-refractivity contribution in [2.24, 2.45) is 0 Å². The number of aryl methyl sites for hydroxylation is 1. The van der Waals surface area contributed by atoms with Gasteiger partial charge < -0.3 is 13.9 Å². The van der Waals surface area contributed by atoms with Crippen LogP contribution in [0.25, 0.3) is 0 Å². The number of benzene rings is 1. The van der Waals surface area contributed by atoms with E-state index >= 15 is 0 Å². The first-order valence-electron chi connectivity index (χ1n) is 8.33. The van der Waals surface area contributed by atoms with Crippen molar-refractivity contribution < 1.29 is 18.7 Å². The van der Waals surface area contributed by atoms with Gasteiger partial charge in [0.15, 0.2) is 5.43 Å². The monoisotopic (exact) mass is 344 g/mol. The predicted molar refractivity (Wildman–Crippen MR) is 95.5 cm³/mol. The molecule has 0 N–H and O–H groups in total. The second-order valence-corrected chi connectivity index (χ2v) is 6.05. The van der Waals surface area contributed by atoms with Crippen LogP contribution in [0.4, 0.5) is 0 Å². The number of methoxy groups -OCH3 is 1. The first kappa shape index (κ1) is 18.8. The summed E-state index contributed by atoms with van der Waals surface area (Å²) in [6.07, 6.45) is 0.646. The second kappa shape index (κ2) is 8.01. The molecule has 0 aliphatic carbocycles. The molecular weight excluding hydrogens is 320 g/mol. The molecule has 1 aromatic carbocycles. The van der Waals surface area contributed by atoms with Gasteiger partial charge in [0.1, 0.15) is 23.9 Å². The van der Waals surface area contributed by atoms with E-state index in [-0.39, 0.29) is 18.0 Å². The Balaban J connectivity index is 2.11. The molecule has 0 fully saturated rings. The minimum Gasteiger partial charge on any atom is -0.497 e. The zero-order chi connectivity index (χ0) is 18.6. The van der Waals surface area contributed by atoms with Crippen molar-refractivity contribution in [1.29, 1.82) is 0 Å². The lowest BCUT2D eigenvalue weighted by Gasteiger charge is -2.16. The lowest BCUT2D eigenvalue weighted by atomic mass is 10.0. The number of rotatable bonds is 6. The highest BCUT2D eigenvalue weighted by Crippen LogP contribution is 2.22. The molecule has 1 unspecified atom stereocenters. The Hall–Kier alpha value is -2.56. The summed E-state index contributed by atoms with van der Waals surface area (Å²) in [6.45, 7) is 7.48. The van der Waals surface area contributed by atoms with Gasteiger partial charge in [-0.25, -0.2) is 4.79 Å². The van der Waals surface area contributed by atoms with Gasteiger partial charge in [0, 0.05) is 23.5 Å². The van der Waals surface area contributed by atoms with Gasteiger partial charge in [-0.3, -0.25) is 4.79 Å². The molecule has 0 bridgehead atoms. The third-order valence-corrected chi connectivity index (χ3v) is 4.26. The third kappa shape index (κ3) is 4.10. The van der Waals surface area contributed by atoms with Crippen molar-refractivity contribution >= 4 is 5.97 Å². The van der Waals surface area contributed by atoms with Gasteiger partial charge in [0.05, 0.1) is 12.7 Å². The van der Waals surface area contributed by atoms with Crippen LogP contribution in [-0.2, 0) is 11.2 Å². The first-order chi connectivity index (χ1) is 11.9. The SMILES string of the molecule is CCc1oc(C(C)COC(=O)c2ccc(OC)cc2)c(C)c(=O)c1C. The average Bonchev–Trinajstić information content (AvgIpc) is 2.64. The van der Waals surface area contributed by atoms with Gasteiger partial charge in [-0.2, -0.15) is 0 Å². The van der Waals surface area contributed by atoms with Crippen molar-refractivity contribution in [1.82, 2.24) is 0 Å². The fourth-order valence-corrected chi connectivity index (χ4v) is 2.70. The standard InChI is InChI=1S/C20H24O5/c1-6-17-13(3)18(21)14(4)19(25-17)12(2)11-24-20(22)15-7-9-16(23-5)10-8-15/h7-10,12H,6,11H2,1-5H3. The Morgan fingerprint density at radius 1 is 1.16 bits per heavy atom. The Labute approximate surface area is 147 Å². The summed E-state index contributed by atoms with van der Waals surface area (Å²) in [5.41, 5.74) is 1.66. The van der Waals surface area contributed by atoms with Gasteiger partial charge in [-0.05, 0) is 38.1 Å². The van der Waals surface area contributed by atoms with Crippen LogP contribution in [0.2, 0.25) is 0 Å². The summed E-state index contributed by atoms with van der Waals surface area (Å²) >= 11 is 0. The van der Waals surface area contributed by atoms with Crippen LogP contribution in [0.5, 0.6) is 5.75 Å². The first-order valence-corrected chi connectivity index (χ1v) is 8.33. The molecule has 1 atom stereocenters. The van der Waals surface area contributed by atoms with Crippen LogP contribution in [0, 0.1) is 13.8 Å². The summed E-state index contributed by atoms with van der Waals surface area (Å²) < 4.78 is 16.3. The highest BCUT2D eigenvalue weighted by atomic mass is 16.5. The van der Waals surface area contributed by atoms with Gasteiger partial charge in [0.25, 0.3) is 0 Å². The number of ether oxygens (including phenoxy) is 2. The highest BCUT2D eigenvalue weighted by molar-refractivity contribution is 5.89. The Morgan fingerprint density at radius 3 is 2.36 bits per heavy atom. The summed E-state index contributed by atoms with van der Waals surface area (Å²) in [7, 11) is 1.57. The van der Waals surface area contributed by atoms with E-state index in [4.69, 9.17) is 13.9 Å². The van der Waals surface area contributed by atoms with E-state index in [1.165, 1.54) is 0 Å². The summed E-state index contributed by atoms with van der Waals surface area (Å²) in [5.74, 6) is 1.31. The Kier molecular flexibility index (Phi) is 6.02. The van der Waals surface area contributed by atoms with Crippen LogP contribution in [-0.4, -0.2) is 19.7 Å². The molecular formula is C20H24O5. The maximum atomic E-state index is 12.3. The quantitative estimate of drug-likeness (QED) is 0.746. The smallest absolute Gasteiger partial charge is 0.338 e. The number of carbonyl (C=O) groups excluding carboxylic acids is 1. The number of esters is 1. The van der Waals surface area contributed by atoms with Crippen molar-refractivity contribution in [3.05, 3.63) is 62.7 Å². The van der Waals surface area contributed by atoms with Crippen LogP contribution in [0.3, 0.4) is 0 Å². The molecule has 1 aromatic heterocycles. The van der Waals surface area contributed by atoms with E-state index in [1.54, 1.807) is 45.2 Å². The minimum atomic E-state index is -0.419. The fourth-order valence-electron chi connectivity index (χ4n) is 2.70. The van der Waals surface area contributed by atoms with E-state index in [9.17, 15) is 9.59 Å². The van der Waals surface area contributed by atoms with Gasteiger partial charge >= 0.3 is 5.97 Å². The summed E-state index contributed by atoms with van der Waals surface area (Å²) in [6, 6.07) is 6.71. The Bertz CT molecular complexity index is 802. The molecule has 2 rings (SSSR count). The summed E-state index contributed by atoms with van der Waals surface area (Å²) in [5, 5.41) is 0. The molecule has 5 heteroatoms. The van der Waals surface area contributed by atoms with Crippen molar-refractivity contribution in [2.75, 3.05) is 13.7 Å². The number of carbonyl (C=O) groups is 1. The second-order valence-electron chi connectivity index (χ2n) is 6.05. The van der Waals surface area contributed by atoms with E-state index in [0.29, 0.717) is 40.4 Å². The van der Waals surface area contributed by atoms with Crippen LogP contribution < -0.4 is 10.2 Å². The highest BCUT2D eigenvalue weighted by Gasteiger charge is 2.19. The average molecular weight is 344 g/mol. The maximum absolute atomic E-state index is 12.3. The largest absolute Gasteiger partial charge is 0.497 e. The van der Waals surface area contributed by atoms with Gasteiger partial charge in [0.2, 0.25) is 0 Å². The topological polar surface area (TPSA) is 65.7 Å². The van der Waals surface area contributed by atoms with Crippen LogP contribution >= 0.6 is 0 Å². The number of hydrogen-bond acceptors (Lipinski definition) is 5. The fraction of sp³-hybridized carbons (Fsp3) is 0.400. The number of hydrogen-bond donors (Lipinski definition) is 0.